The Bertz CT molecular complexity index is 608. The molecule has 21 heavy (non-hydrogen) atoms. The van der Waals surface area contributed by atoms with Crippen molar-refractivity contribution in [3.8, 4) is 0 Å². The summed E-state index contributed by atoms with van der Waals surface area (Å²) in [5.74, 6) is 0. The molecule has 0 aliphatic rings. The quantitative estimate of drug-likeness (QED) is 0.905. The lowest BCUT2D eigenvalue weighted by Gasteiger charge is -2.19. The lowest BCUT2D eigenvalue weighted by atomic mass is 10.1. The summed E-state index contributed by atoms with van der Waals surface area (Å²) in [5, 5.41) is 2.88. The normalized spacial score (nSPS) is 10.2. The zero-order chi connectivity index (χ0) is 15.2. The number of nitrogens with two attached hydrogens (primary N) is 1. The topological polar surface area (TPSA) is 58.4 Å². The fourth-order valence-electron chi connectivity index (χ4n) is 2.06. The maximum absolute atomic E-state index is 12.2. The van der Waals surface area contributed by atoms with Crippen LogP contribution in [-0.4, -0.2) is 18.0 Å². The van der Waals surface area contributed by atoms with Crippen molar-refractivity contribution in [1.29, 1.82) is 0 Å². The van der Waals surface area contributed by atoms with Crippen LogP contribution in [0.5, 0.6) is 0 Å². The average Bonchev–Trinajstić information content (AvgIpc) is 2.50. The molecule has 0 fully saturated rings. The van der Waals surface area contributed by atoms with Crippen LogP contribution in [0.25, 0.3) is 0 Å². The summed E-state index contributed by atoms with van der Waals surface area (Å²) in [5.41, 5.74) is 9.70. The zero-order valence-electron chi connectivity index (χ0n) is 12.5. The molecule has 0 unspecified atom stereocenters. The van der Waals surface area contributed by atoms with Crippen LogP contribution < -0.4 is 11.1 Å². The number of nitrogens with one attached hydrogen (secondary N) is 1. The SMILES string of the molecule is Cc1ccccc1CN(C)C(=O)Nc1ccc(CN)cc1. The van der Waals surface area contributed by atoms with Gasteiger partial charge in [0.2, 0.25) is 0 Å². The van der Waals surface area contributed by atoms with E-state index in [9.17, 15) is 4.79 Å². The van der Waals surface area contributed by atoms with E-state index in [0.29, 0.717) is 13.1 Å². The second-order valence-corrected chi connectivity index (χ2v) is 5.11. The van der Waals surface area contributed by atoms with E-state index in [2.05, 4.69) is 5.32 Å². The number of anilines is 1. The second kappa shape index (κ2) is 6.90. The molecule has 4 nitrogen and oxygen atoms in total. The number of rotatable bonds is 4. The van der Waals surface area contributed by atoms with Crippen molar-refractivity contribution < 1.29 is 4.79 Å². The van der Waals surface area contributed by atoms with Gasteiger partial charge in [-0.15, -0.1) is 0 Å². The minimum Gasteiger partial charge on any atom is -0.326 e. The number of hydrogen-bond acceptors (Lipinski definition) is 2. The Morgan fingerprint density at radius 3 is 2.43 bits per heavy atom. The molecule has 0 spiro atoms. The predicted molar refractivity (Wildman–Crippen MR) is 86.0 cm³/mol. The first-order valence-electron chi connectivity index (χ1n) is 6.96. The summed E-state index contributed by atoms with van der Waals surface area (Å²) in [6, 6.07) is 15.5. The highest BCUT2D eigenvalue weighted by molar-refractivity contribution is 5.89. The predicted octanol–water partition coefficient (Wildman–Crippen LogP) is 3.12. The van der Waals surface area contributed by atoms with Gasteiger partial charge in [-0.3, -0.25) is 0 Å². The highest BCUT2D eigenvalue weighted by Crippen LogP contribution is 2.12. The molecular weight excluding hydrogens is 262 g/mol. The van der Waals surface area contributed by atoms with Gasteiger partial charge in [-0.25, -0.2) is 4.79 Å². The van der Waals surface area contributed by atoms with Crippen LogP contribution in [0.2, 0.25) is 0 Å². The molecule has 0 aliphatic carbocycles. The Morgan fingerprint density at radius 2 is 1.81 bits per heavy atom. The summed E-state index contributed by atoms with van der Waals surface area (Å²) in [6.45, 7) is 3.13. The molecule has 0 bridgehead atoms. The van der Waals surface area contributed by atoms with E-state index in [0.717, 1.165) is 16.8 Å². The van der Waals surface area contributed by atoms with Gasteiger partial charge in [-0.05, 0) is 35.7 Å². The third-order valence-corrected chi connectivity index (χ3v) is 3.46. The molecule has 2 aromatic carbocycles. The summed E-state index contributed by atoms with van der Waals surface area (Å²) >= 11 is 0. The van der Waals surface area contributed by atoms with Crippen LogP contribution in [0.3, 0.4) is 0 Å². The first-order chi connectivity index (χ1) is 10.1. The minimum absolute atomic E-state index is 0.126. The van der Waals surface area contributed by atoms with Crippen LogP contribution >= 0.6 is 0 Å². The van der Waals surface area contributed by atoms with E-state index < -0.39 is 0 Å². The highest BCUT2D eigenvalue weighted by Gasteiger charge is 2.10. The van der Waals surface area contributed by atoms with E-state index >= 15 is 0 Å². The van der Waals surface area contributed by atoms with Crippen molar-refractivity contribution in [3.63, 3.8) is 0 Å². The molecule has 2 amide bonds. The molecule has 0 atom stereocenters. The largest absolute Gasteiger partial charge is 0.326 e. The van der Waals surface area contributed by atoms with E-state index in [-0.39, 0.29) is 6.03 Å². The number of hydrogen-bond donors (Lipinski definition) is 2. The minimum atomic E-state index is -0.126. The number of carbonyl (C=O) groups is 1. The maximum atomic E-state index is 12.2. The molecule has 3 N–H and O–H groups in total. The zero-order valence-corrected chi connectivity index (χ0v) is 12.5. The number of benzene rings is 2. The second-order valence-electron chi connectivity index (χ2n) is 5.11. The van der Waals surface area contributed by atoms with Crippen molar-refractivity contribution in [3.05, 3.63) is 65.2 Å². The molecular formula is C17H21N3O. The van der Waals surface area contributed by atoms with Crippen molar-refractivity contribution in [2.75, 3.05) is 12.4 Å². The van der Waals surface area contributed by atoms with Gasteiger partial charge in [0.15, 0.2) is 0 Å². The van der Waals surface area contributed by atoms with E-state index in [1.165, 1.54) is 5.56 Å². The van der Waals surface area contributed by atoms with Crippen molar-refractivity contribution in [1.82, 2.24) is 4.90 Å². The Kier molecular flexibility index (Phi) is 4.95. The first-order valence-corrected chi connectivity index (χ1v) is 6.96. The standard InChI is InChI=1S/C17H21N3O/c1-13-5-3-4-6-15(13)12-20(2)17(21)19-16-9-7-14(11-18)8-10-16/h3-10H,11-12,18H2,1-2H3,(H,19,21). The van der Waals surface area contributed by atoms with Gasteiger partial charge in [-0.2, -0.15) is 0 Å². The third-order valence-electron chi connectivity index (χ3n) is 3.46. The van der Waals surface area contributed by atoms with Crippen molar-refractivity contribution >= 4 is 11.7 Å². The third kappa shape index (κ3) is 4.07. The lowest BCUT2D eigenvalue weighted by Crippen LogP contribution is -2.31. The van der Waals surface area contributed by atoms with Gasteiger partial charge in [-0.1, -0.05) is 36.4 Å². The van der Waals surface area contributed by atoms with Crippen LogP contribution in [0.4, 0.5) is 10.5 Å². The lowest BCUT2D eigenvalue weighted by molar-refractivity contribution is 0.220. The number of carbonyl (C=O) groups excluding carboxylic acids is 1. The number of aryl methyl sites for hydroxylation is 1. The molecule has 0 heterocycles. The van der Waals surface area contributed by atoms with Crippen LogP contribution in [0.15, 0.2) is 48.5 Å². The Labute approximate surface area is 125 Å². The Balaban J connectivity index is 1.97. The monoisotopic (exact) mass is 283 g/mol. The molecule has 0 aliphatic heterocycles. The van der Waals surface area contributed by atoms with E-state index in [4.69, 9.17) is 5.73 Å². The fourth-order valence-corrected chi connectivity index (χ4v) is 2.06. The molecule has 0 saturated heterocycles. The molecule has 110 valence electrons. The Morgan fingerprint density at radius 1 is 1.14 bits per heavy atom. The summed E-state index contributed by atoms with van der Waals surface area (Å²) in [4.78, 5) is 13.8. The Hall–Kier alpha value is -2.33. The molecule has 2 rings (SSSR count). The van der Waals surface area contributed by atoms with Gasteiger partial charge in [0.1, 0.15) is 0 Å². The molecule has 0 radical (unpaired) electrons. The fraction of sp³-hybridized carbons (Fsp3) is 0.235. The maximum Gasteiger partial charge on any atom is 0.321 e. The van der Waals surface area contributed by atoms with Gasteiger partial charge < -0.3 is 16.0 Å². The average molecular weight is 283 g/mol. The summed E-state index contributed by atoms with van der Waals surface area (Å²) < 4.78 is 0. The van der Waals surface area contributed by atoms with Gasteiger partial charge in [0, 0.05) is 25.8 Å². The summed E-state index contributed by atoms with van der Waals surface area (Å²) in [7, 11) is 1.79. The highest BCUT2D eigenvalue weighted by atomic mass is 16.2. The molecule has 0 saturated carbocycles. The van der Waals surface area contributed by atoms with Crippen LogP contribution in [0, 0.1) is 6.92 Å². The van der Waals surface area contributed by atoms with Gasteiger partial charge in [0.05, 0.1) is 0 Å². The molecule has 2 aromatic rings. The van der Waals surface area contributed by atoms with Crippen molar-refractivity contribution in [2.24, 2.45) is 5.73 Å². The first kappa shape index (κ1) is 15.1. The number of amides is 2. The molecule has 4 heteroatoms. The van der Waals surface area contributed by atoms with E-state index in [1.807, 2.05) is 55.5 Å². The van der Waals surface area contributed by atoms with Gasteiger partial charge in [0.25, 0.3) is 0 Å². The number of nitrogens with zero attached hydrogens (tertiary/aromatic N) is 1. The van der Waals surface area contributed by atoms with Crippen molar-refractivity contribution in [2.45, 2.75) is 20.0 Å². The van der Waals surface area contributed by atoms with E-state index in [1.54, 1.807) is 11.9 Å². The number of urea groups is 1. The van der Waals surface area contributed by atoms with Crippen LogP contribution in [0.1, 0.15) is 16.7 Å². The smallest absolute Gasteiger partial charge is 0.321 e. The van der Waals surface area contributed by atoms with Crippen LogP contribution in [-0.2, 0) is 13.1 Å². The summed E-state index contributed by atoms with van der Waals surface area (Å²) in [6.07, 6.45) is 0. The molecule has 0 aromatic heterocycles. The van der Waals surface area contributed by atoms with Gasteiger partial charge >= 0.3 is 6.03 Å².